The van der Waals surface area contributed by atoms with E-state index in [9.17, 15) is 9.90 Å². The first-order valence-corrected chi connectivity index (χ1v) is 4.98. The summed E-state index contributed by atoms with van der Waals surface area (Å²) in [4.78, 5) is 10.8. The van der Waals surface area contributed by atoms with Crippen molar-refractivity contribution < 1.29 is 9.90 Å². The van der Waals surface area contributed by atoms with Gasteiger partial charge in [0.25, 0.3) is 0 Å². The number of aldehydes is 1. The second-order valence-corrected chi connectivity index (χ2v) is 4.00. The third-order valence-corrected chi connectivity index (χ3v) is 3.27. The number of aliphatic hydroxyl groups is 1. The van der Waals surface area contributed by atoms with Crippen LogP contribution in [0.2, 0.25) is 0 Å². The van der Waals surface area contributed by atoms with Crippen molar-refractivity contribution >= 4 is 6.29 Å². The summed E-state index contributed by atoms with van der Waals surface area (Å²) >= 11 is 0. The zero-order chi connectivity index (χ0) is 10.0. The Morgan fingerprint density at radius 2 is 2.07 bits per heavy atom. The quantitative estimate of drug-likeness (QED) is 0.739. The molecule has 1 aromatic rings. The lowest BCUT2D eigenvalue weighted by molar-refractivity contribution is 0.108. The molecule has 2 heteroatoms. The van der Waals surface area contributed by atoms with Gasteiger partial charge in [0.1, 0.15) is 6.29 Å². The standard InChI is InChI=1S/C12H14O2/c13-8-10-4-1-2-5-11(10)12(9-14)6-3-7-12/h1-2,4-5,8,14H,3,6-7,9H2. The molecule has 74 valence electrons. The normalized spacial score (nSPS) is 18.6. The molecular weight excluding hydrogens is 176 g/mol. The summed E-state index contributed by atoms with van der Waals surface area (Å²) in [6.07, 6.45) is 4.02. The van der Waals surface area contributed by atoms with Crippen LogP contribution in [0.5, 0.6) is 0 Å². The van der Waals surface area contributed by atoms with E-state index in [1.807, 2.05) is 24.3 Å². The lowest BCUT2D eigenvalue weighted by Crippen LogP contribution is -2.38. The van der Waals surface area contributed by atoms with E-state index < -0.39 is 0 Å². The number of carbonyl (C=O) groups is 1. The van der Waals surface area contributed by atoms with E-state index in [-0.39, 0.29) is 12.0 Å². The molecule has 1 aromatic carbocycles. The Bertz CT molecular complexity index is 334. The lowest BCUT2D eigenvalue weighted by atomic mass is 9.64. The first kappa shape index (κ1) is 9.41. The highest BCUT2D eigenvalue weighted by Crippen LogP contribution is 2.44. The Morgan fingerprint density at radius 1 is 1.36 bits per heavy atom. The van der Waals surface area contributed by atoms with Gasteiger partial charge in [-0.25, -0.2) is 0 Å². The zero-order valence-electron chi connectivity index (χ0n) is 8.07. The SMILES string of the molecule is O=Cc1ccccc1C1(CO)CCC1. The molecule has 0 aliphatic heterocycles. The van der Waals surface area contributed by atoms with E-state index in [0.717, 1.165) is 36.7 Å². The van der Waals surface area contributed by atoms with Crippen molar-refractivity contribution in [2.75, 3.05) is 6.61 Å². The third-order valence-electron chi connectivity index (χ3n) is 3.27. The van der Waals surface area contributed by atoms with Crippen molar-refractivity contribution in [3.05, 3.63) is 35.4 Å². The van der Waals surface area contributed by atoms with Crippen molar-refractivity contribution in [1.82, 2.24) is 0 Å². The van der Waals surface area contributed by atoms with Gasteiger partial charge in [-0.15, -0.1) is 0 Å². The van der Waals surface area contributed by atoms with E-state index in [1.54, 1.807) is 0 Å². The van der Waals surface area contributed by atoms with Gasteiger partial charge < -0.3 is 5.11 Å². The Labute approximate surface area is 83.6 Å². The topological polar surface area (TPSA) is 37.3 Å². The smallest absolute Gasteiger partial charge is 0.150 e. The van der Waals surface area contributed by atoms with Gasteiger partial charge in [0, 0.05) is 11.0 Å². The summed E-state index contributed by atoms with van der Waals surface area (Å²) in [5.74, 6) is 0. The average molecular weight is 190 g/mol. The van der Waals surface area contributed by atoms with Gasteiger partial charge in [-0.2, -0.15) is 0 Å². The Balaban J connectivity index is 2.43. The van der Waals surface area contributed by atoms with E-state index in [0.29, 0.717) is 0 Å². The summed E-state index contributed by atoms with van der Waals surface area (Å²) in [6, 6.07) is 7.56. The van der Waals surface area contributed by atoms with Gasteiger partial charge in [0.05, 0.1) is 6.61 Å². The van der Waals surface area contributed by atoms with Crippen LogP contribution in [0, 0.1) is 0 Å². The largest absolute Gasteiger partial charge is 0.395 e. The number of aliphatic hydroxyl groups excluding tert-OH is 1. The molecular formula is C12H14O2. The molecule has 2 nitrogen and oxygen atoms in total. The minimum Gasteiger partial charge on any atom is -0.395 e. The molecule has 1 aliphatic carbocycles. The van der Waals surface area contributed by atoms with Crippen LogP contribution >= 0.6 is 0 Å². The number of rotatable bonds is 3. The fourth-order valence-electron chi connectivity index (χ4n) is 2.20. The molecule has 0 heterocycles. The Hall–Kier alpha value is -1.15. The molecule has 1 fully saturated rings. The van der Waals surface area contributed by atoms with E-state index >= 15 is 0 Å². The molecule has 1 aliphatic rings. The van der Waals surface area contributed by atoms with Crippen LogP contribution in [0.1, 0.15) is 35.2 Å². The predicted octanol–water partition coefficient (Wildman–Crippen LogP) is 1.91. The first-order chi connectivity index (χ1) is 6.82. The molecule has 0 saturated heterocycles. The van der Waals surface area contributed by atoms with E-state index in [2.05, 4.69) is 0 Å². The number of hydrogen-bond donors (Lipinski definition) is 1. The van der Waals surface area contributed by atoms with Crippen LogP contribution in [-0.2, 0) is 5.41 Å². The summed E-state index contributed by atoms with van der Waals surface area (Å²) in [5, 5.41) is 9.39. The summed E-state index contributed by atoms with van der Waals surface area (Å²) in [5.41, 5.74) is 1.61. The maximum absolute atomic E-state index is 10.8. The van der Waals surface area contributed by atoms with Crippen LogP contribution < -0.4 is 0 Å². The number of benzene rings is 1. The fourth-order valence-corrected chi connectivity index (χ4v) is 2.20. The molecule has 14 heavy (non-hydrogen) atoms. The highest BCUT2D eigenvalue weighted by atomic mass is 16.3. The maximum Gasteiger partial charge on any atom is 0.150 e. The van der Waals surface area contributed by atoms with Crippen LogP contribution in [0.3, 0.4) is 0 Å². The Morgan fingerprint density at radius 3 is 2.57 bits per heavy atom. The predicted molar refractivity (Wildman–Crippen MR) is 54.4 cm³/mol. The van der Waals surface area contributed by atoms with Crippen LogP contribution in [0.25, 0.3) is 0 Å². The first-order valence-electron chi connectivity index (χ1n) is 4.98. The molecule has 0 spiro atoms. The summed E-state index contributed by atoms with van der Waals surface area (Å²) in [6.45, 7) is 0.151. The molecule has 0 bridgehead atoms. The van der Waals surface area contributed by atoms with E-state index in [4.69, 9.17) is 0 Å². The van der Waals surface area contributed by atoms with Crippen LogP contribution in [0.4, 0.5) is 0 Å². The van der Waals surface area contributed by atoms with Gasteiger partial charge >= 0.3 is 0 Å². The van der Waals surface area contributed by atoms with Crippen LogP contribution in [0.15, 0.2) is 24.3 Å². The fraction of sp³-hybridized carbons (Fsp3) is 0.417. The van der Waals surface area contributed by atoms with Crippen LogP contribution in [-0.4, -0.2) is 18.0 Å². The highest BCUT2D eigenvalue weighted by Gasteiger charge is 2.39. The minimum absolute atomic E-state index is 0.127. The molecule has 0 aromatic heterocycles. The van der Waals surface area contributed by atoms with Gasteiger partial charge in [-0.05, 0) is 18.4 Å². The summed E-state index contributed by atoms with van der Waals surface area (Å²) < 4.78 is 0. The summed E-state index contributed by atoms with van der Waals surface area (Å²) in [7, 11) is 0. The van der Waals surface area contributed by atoms with Crippen molar-refractivity contribution in [1.29, 1.82) is 0 Å². The van der Waals surface area contributed by atoms with Crippen molar-refractivity contribution in [2.45, 2.75) is 24.7 Å². The maximum atomic E-state index is 10.8. The molecule has 0 amide bonds. The van der Waals surface area contributed by atoms with Crippen molar-refractivity contribution in [2.24, 2.45) is 0 Å². The second kappa shape index (κ2) is 3.54. The van der Waals surface area contributed by atoms with Gasteiger partial charge in [0.15, 0.2) is 0 Å². The van der Waals surface area contributed by atoms with Gasteiger partial charge in [-0.3, -0.25) is 4.79 Å². The zero-order valence-corrected chi connectivity index (χ0v) is 8.07. The lowest BCUT2D eigenvalue weighted by Gasteiger charge is -2.41. The second-order valence-electron chi connectivity index (χ2n) is 4.00. The number of carbonyl (C=O) groups excluding carboxylic acids is 1. The van der Waals surface area contributed by atoms with Crippen molar-refractivity contribution in [3.8, 4) is 0 Å². The average Bonchev–Trinajstić information content (AvgIpc) is 2.18. The highest BCUT2D eigenvalue weighted by molar-refractivity contribution is 5.78. The monoisotopic (exact) mass is 190 g/mol. The minimum atomic E-state index is -0.127. The van der Waals surface area contributed by atoms with Gasteiger partial charge in [0.2, 0.25) is 0 Å². The molecule has 1 saturated carbocycles. The number of hydrogen-bond acceptors (Lipinski definition) is 2. The molecule has 0 atom stereocenters. The molecule has 1 N–H and O–H groups in total. The molecule has 2 rings (SSSR count). The molecule has 0 radical (unpaired) electrons. The van der Waals surface area contributed by atoms with E-state index in [1.165, 1.54) is 0 Å². The third kappa shape index (κ3) is 1.26. The van der Waals surface area contributed by atoms with Gasteiger partial charge in [-0.1, -0.05) is 30.7 Å². The molecule has 0 unspecified atom stereocenters. The Kier molecular flexibility index (Phi) is 2.38. The van der Waals surface area contributed by atoms with Crippen molar-refractivity contribution in [3.63, 3.8) is 0 Å².